The molecule has 2 N–H and O–H groups in total. The van der Waals surface area contributed by atoms with Crippen LogP contribution in [0.5, 0.6) is 5.88 Å². The molecule has 0 aliphatic rings. The first-order valence-corrected chi connectivity index (χ1v) is 5.94. The minimum Gasteiger partial charge on any atom is -0.481 e. The highest BCUT2D eigenvalue weighted by Gasteiger charge is 2.21. The lowest BCUT2D eigenvalue weighted by Gasteiger charge is -2.03. The van der Waals surface area contributed by atoms with E-state index in [9.17, 15) is 0 Å². The summed E-state index contributed by atoms with van der Waals surface area (Å²) in [6, 6.07) is 5.76. The summed E-state index contributed by atoms with van der Waals surface area (Å²) in [7, 11) is 3.45. The number of nitrogens with two attached hydrogens (primary N) is 1. The first kappa shape index (κ1) is 11.6. The van der Waals surface area contributed by atoms with E-state index in [2.05, 4.69) is 10.1 Å². The molecule has 0 fully saturated rings. The highest BCUT2D eigenvalue weighted by molar-refractivity contribution is 5.79. The molecule has 0 atom stereocenters. The van der Waals surface area contributed by atoms with Gasteiger partial charge < -0.3 is 10.5 Å². The molecule has 0 aliphatic carbocycles. The zero-order valence-electron chi connectivity index (χ0n) is 11.1. The fourth-order valence-corrected chi connectivity index (χ4v) is 2.34. The van der Waals surface area contributed by atoms with Crippen LogP contribution in [-0.4, -0.2) is 26.3 Å². The monoisotopic (exact) mass is 257 g/mol. The molecular weight excluding hydrogens is 242 g/mol. The molecule has 0 saturated heterocycles. The van der Waals surface area contributed by atoms with E-state index in [4.69, 9.17) is 10.5 Å². The van der Waals surface area contributed by atoms with Crippen LogP contribution in [0.15, 0.2) is 24.4 Å². The molecule has 0 unspecified atom stereocenters. The van der Waals surface area contributed by atoms with Gasteiger partial charge in [0.15, 0.2) is 0 Å². The quantitative estimate of drug-likeness (QED) is 0.757. The maximum atomic E-state index is 6.18. The summed E-state index contributed by atoms with van der Waals surface area (Å²) in [4.78, 5) is 4.57. The maximum Gasteiger partial charge on any atom is 0.221 e. The van der Waals surface area contributed by atoms with Crippen molar-refractivity contribution in [2.45, 2.75) is 6.92 Å². The minimum atomic E-state index is 0.588. The van der Waals surface area contributed by atoms with Crippen molar-refractivity contribution in [3.8, 4) is 17.1 Å². The predicted molar refractivity (Wildman–Crippen MR) is 73.1 cm³/mol. The number of fused-ring (bicyclic) bond motifs is 1. The number of nitrogens with zero attached hydrogens (tertiary/aromatic N) is 4. The molecular formula is C13H15N5O. The lowest BCUT2D eigenvalue weighted by molar-refractivity contribution is 0.374. The van der Waals surface area contributed by atoms with Gasteiger partial charge >= 0.3 is 0 Å². The molecule has 0 bridgehead atoms. The number of aromatic nitrogens is 4. The summed E-state index contributed by atoms with van der Waals surface area (Å²) in [6.45, 7) is 1.92. The standard InChI is InChI=1S/C13H15N5O/c1-8-10(13(19-3)17(2)16-8)11-12(14)18-7-5-4-6-9(18)15-11/h4-7H,14H2,1-3H3. The van der Waals surface area contributed by atoms with Crippen LogP contribution in [0.3, 0.4) is 0 Å². The van der Waals surface area contributed by atoms with Crippen LogP contribution >= 0.6 is 0 Å². The summed E-state index contributed by atoms with van der Waals surface area (Å²) >= 11 is 0. The van der Waals surface area contributed by atoms with Crippen molar-refractivity contribution in [2.24, 2.45) is 7.05 Å². The van der Waals surface area contributed by atoms with Gasteiger partial charge in [0.1, 0.15) is 17.2 Å². The van der Waals surface area contributed by atoms with Gasteiger partial charge in [-0.15, -0.1) is 0 Å². The van der Waals surface area contributed by atoms with Gasteiger partial charge in [0.05, 0.1) is 18.4 Å². The van der Waals surface area contributed by atoms with Gasteiger partial charge in [0.2, 0.25) is 5.88 Å². The number of hydrogen-bond acceptors (Lipinski definition) is 4. The normalized spacial score (nSPS) is 11.1. The Morgan fingerprint density at radius 3 is 2.79 bits per heavy atom. The number of imidazole rings is 1. The summed E-state index contributed by atoms with van der Waals surface area (Å²) in [5.74, 6) is 1.25. The van der Waals surface area contributed by atoms with E-state index in [1.807, 2.05) is 42.8 Å². The maximum absolute atomic E-state index is 6.18. The van der Waals surface area contributed by atoms with Crippen molar-refractivity contribution in [1.29, 1.82) is 0 Å². The molecule has 98 valence electrons. The Morgan fingerprint density at radius 2 is 2.11 bits per heavy atom. The molecule has 3 rings (SSSR count). The Labute approximate surface area is 110 Å². The molecule has 0 radical (unpaired) electrons. The highest BCUT2D eigenvalue weighted by atomic mass is 16.5. The Hall–Kier alpha value is -2.50. The van der Waals surface area contributed by atoms with Crippen molar-refractivity contribution in [2.75, 3.05) is 12.8 Å². The zero-order chi connectivity index (χ0) is 13.6. The second-order valence-corrected chi connectivity index (χ2v) is 4.37. The third-order valence-electron chi connectivity index (χ3n) is 3.17. The van der Waals surface area contributed by atoms with Crippen molar-refractivity contribution in [3.05, 3.63) is 30.1 Å². The molecule has 6 nitrogen and oxygen atoms in total. The molecule has 0 aromatic carbocycles. The SMILES string of the molecule is COc1c(-c2nc3ccccn3c2N)c(C)nn1C. The van der Waals surface area contributed by atoms with E-state index in [0.29, 0.717) is 17.4 Å². The van der Waals surface area contributed by atoms with Crippen molar-refractivity contribution < 1.29 is 4.74 Å². The van der Waals surface area contributed by atoms with Crippen LogP contribution < -0.4 is 10.5 Å². The molecule has 0 aliphatic heterocycles. The molecule has 0 spiro atoms. The van der Waals surface area contributed by atoms with Gasteiger partial charge in [0, 0.05) is 13.2 Å². The molecule has 19 heavy (non-hydrogen) atoms. The van der Waals surface area contributed by atoms with Crippen molar-refractivity contribution in [3.63, 3.8) is 0 Å². The lowest BCUT2D eigenvalue weighted by atomic mass is 10.2. The average Bonchev–Trinajstić information content (AvgIpc) is 2.87. The topological polar surface area (TPSA) is 70.4 Å². The number of anilines is 1. The second kappa shape index (κ2) is 4.01. The lowest BCUT2D eigenvalue weighted by Crippen LogP contribution is -1.97. The first-order valence-electron chi connectivity index (χ1n) is 5.94. The van der Waals surface area contributed by atoms with Crippen LogP contribution in [0.4, 0.5) is 5.82 Å². The van der Waals surface area contributed by atoms with Crippen molar-refractivity contribution >= 4 is 11.5 Å². The Kier molecular flexibility index (Phi) is 2.45. The van der Waals surface area contributed by atoms with Crippen LogP contribution in [0.1, 0.15) is 5.69 Å². The molecule has 0 amide bonds. The number of pyridine rings is 1. The highest BCUT2D eigenvalue weighted by Crippen LogP contribution is 2.35. The van der Waals surface area contributed by atoms with E-state index in [1.54, 1.807) is 11.8 Å². The average molecular weight is 257 g/mol. The number of ether oxygens (including phenoxy) is 1. The largest absolute Gasteiger partial charge is 0.481 e. The fourth-order valence-electron chi connectivity index (χ4n) is 2.34. The van der Waals surface area contributed by atoms with Gasteiger partial charge in [-0.2, -0.15) is 5.10 Å². The minimum absolute atomic E-state index is 0.588. The third kappa shape index (κ3) is 1.56. The van der Waals surface area contributed by atoms with Crippen molar-refractivity contribution in [1.82, 2.24) is 19.2 Å². The van der Waals surface area contributed by atoms with Crippen LogP contribution in [0, 0.1) is 6.92 Å². The van der Waals surface area contributed by atoms with E-state index in [0.717, 1.165) is 16.9 Å². The Bertz CT molecular complexity index is 756. The molecule has 3 aromatic rings. The fraction of sp³-hybridized carbons (Fsp3) is 0.231. The molecule has 3 heterocycles. The predicted octanol–water partition coefficient (Wildman–Crippen LogP) is 1.63. The number of methoxy groups -OCH3 is 1. The summed E-state index contributed by atoms with van der Waals surface area (Å²) in [6.07, 6.45) is 1.89. The smallest absolute Gasteiger partial charge is 0.221 e. The summed E-state index contributed by atoms with van der Waals surface area (Å²) in [5.41, 5.74) is 9.37. The second-order valence-electron chi connectivity index (χ2n) is 4.37. The molecule has 0 saturated carbocycles. The number of hydrogen-bond donors (Lipinski definition) is 1. The van der Waals surface area contributed by atoms with Gasteiger partial charge in [-0.25, -0.2) is 9.67 Å². The summed E-state index contributed by atoms with van der Waals surface area (Å²) < 4.78 is 8.94. The Balaban J connectivity index is 2.33. The Morgan fingerprint density at radius 1 is 1.32 bits per heavy atom. The molecule has 3 aromatic heterocycles. The van der Waals surface area contributed by atoms with Crippen LogP contribution in [-0.2, 0) is 7.05 Å². The van der Waals surface area contributed by atoms with E-state index < -0.39 is 0 Å². The number of rotatable bonds is 2. The third-order valence-corrected chi connectivity index (χ3v) is 3.17. The summed E-state index contributed by atoms with van der Waals surface area (Å²) in [5, 5.41) is 4.36. The first-order chi connectivity index (χ1) is 9.13. The number of aryl methyl sites for hydroxylation is 2. The van der Waals surface area contributed by atoms with Gasteiger partial charge in [0.25, 0.3) is 0 Å². The van der Waals surface area contributed by atoms with Crippen LogP contribution in [0.2, 0.25) is 0 Å². The van der Waals surface area contributed by atoms with E-state index in [1.165, 1.54) is 0 Å². The van der Waals surface area contributed by atoms with Gasteiger partial charge in [-0.05, 0) is 19.1 Å². The van der Waals surface area contributed by atoms with E-state index >= 15 is 0 Å². The van der Waals surface area contributed by atoms with Crippen LogP contribution in [0.25, 0.3) is 16.9 Å². The molecule has 6 heteroatoms. The number of nitrogen functional groups attached to an aromatic ring is 1. The zero-order valence-corrected chi connectivity index (χ0v) is 11.1. The van der Waals surface area contributed by atoms with E-state index in [-0.39, 0.29) is 0 Å². The van der Waals surface area contributed by atoms with Gasteiger partial charge in [-0.1, -0.05) is 6.07 Å². The van der Waals surface area contributed by atoms with Gasteiger partial charge in [-0.3, -0.25) is 4.40 Å².